The largest absolute Gasteiger partial charge is 0.309 e. The van der Waals surface area contributed by atoms with Gasteiger partial charge in [0.05, 0.1) is 22.5 Å². The Labute approximate surface area is 410 Å². The van der Waals surface area contributed by atoms with E-state index in [1.165, 1.54) is 138 Å². The molecule has 1 heteroatoms. The molecule has 1 unspecified atom stereocenters. The number of nitrogens with zero attached hydrogens (tertiary/aromatic N) is 1. The highest BCUT2D eigenvalue weighted by Crippen LogP contribution is 2.72. The van der Waals surface area contributed by atoms with Crippen molar-refractivity contribution in [3.05, 3.63) is 258 Å². The molecule has 7 aliphatic carbocycles. The molecule has 7 aliphatic rings. The van der Waals surface area contributed by atoms with Crippen molar-refractivity contribution in [3.8, 4) is 55.6 Å². The zero-order chi connectivity index (χ0) is 45.7. The molecule has 0 heterocycles. The second kappa shape index (κ2) is 14.4. The molecule has 0 aromatic heterocycles. The van der Waals surface area contributed by atoms with Gasteiger partial charge < -0.3 is 4.90 Å². The van der Waals surface area contributed by atoms with Crippen molar-refractivity contribution in [2.24, 2.45) is 23.7 Å². The number of hydrogen-bond acceptors (Lipinski definition) is 1. The quantitative estimate of drug-likeness (QED) is 0.166. The van der Waals surface area contributed by atoms with Crippen molar-refractivity contribution in [1.29, 1.82) is 0 Å². The van der Waals surface area contributed by atoms with E-state index in [-0.39, 0.29) is 5.41 Å². The van der Waals surface area contributed by atoms with E-state index in [9.17, 15) is 0 Å². The highest BCUT2D eigenvalue weighted by molar-refractivity contribution is 6.08. The Morgan fingerprint density at radius 2 is 0.800 bits per heavy atom. The summed E-state index contributed by atoms with van der Waals surface area (Å²) < 4.78 is 0. The van der Waals surface area contributed by atoms with Crippen LogP contribution in [0.25, 0.3) is 66.4 Å². The summed E-state index contributed by atoms with van der Waals surface area (Å²) in [7, 11) is 0. The number of hydrogen-bond donors (Lipinski definition) is 0. The van der Waals surface area contributed by atoms with Gasteiger partial charge in [0, 0.05) is 16.5 Å². The third-order valence-corrected chi connectivity index (χ3v) is 18.5. The summed E-state index contributed by atoms with van der Waals surface area (Å²) in [6.45, 7) is 0. The third-order valence-electron chi connectivity index (χ3n) is 18.5. The Balaban J connectivity index is 1.01. The van der Waals surface area contributed by atoms with Crippen LogP contribution in [0.1, 0.15) is 65.5 Å². The van der Waals surface area contributed by atoms with Crippen LogP contribution in [0.3, 0.4) is 0 Å². The Hall–Kier alpha value is -7.74. The summed E-state index contributed by atoms with van der Waals surface area (Å²) in [6.07, 6.45) is 6.79. The predicted octanol–water partition coefficient (Wildman–Crippen LogP) is 17.7. The van der Waals surface area contributed by atoms with Crippen molar-refractivity contribution in [1.82, 2.24) is 0 Å². The van der Waals surface area contributed by atoms with Crippen molar-refractivity contribution in [2.75, 3.05) is 4.90 Å². The van der Waals surface area contributed by atoms with Gasteiger partial charge in [0.15, 0.2) is 0 Å². The zero-order valence-electron chi connectivity index (χ0n) is 39.2. The van der Waals surface area contributed by atoms with E-state index in [4.69, 9.17) is 0 Å². The molecular formula is C69H51N. The van der Waals surface area contributed by atoms with Gasteiger partial charge in [-0.1, -0.05) is 206 Å². The maximum absolute atomic E-state index is 2.75. The molecule has 0 amide bonds. The van der Waals surface area contributed by atoms with Gasteiger partial charge in [0.2, 0.25) is 0 Å². The fourth-order valence-electron chi connectivity index (χ4n) is 16.4. The molecule has 70 heavy (non-hydrogen) atoms. The molecular weight excluding hydrogens is 843 g/mol. The minimum atomic E-state index is -0.531. The average Bonchev–Trinajstić information content (AvgIpc) is 4.02. The Kier molecular flexibility index (Phi) is 8.06. The lowest BCUT2D eigenvalue weighted by molar-refractivity contribution is -0.0397. The lowest BCUT2D eigenvalue weighted by Gasteiger charge is -2.61. The third kappa shape index (κ3) is 4.93. The maximum Gasteiger partial charge on any atom is 0.0726 e. The first-order chi connectivity index (χ1) is 34.7. The second-order valence-corrected chi connectivity index (χ2v) is 21.4. The lowest BCUT2D eigenvalue weighted by Crippen LogP contribution is -2.55. The molecule has 1 nitrogen and oxygen atoms in total. The van der Waals surface area contributed by atoms with Gasteiger partial charge in [-0.2, -0.15) is 0 Å². The molecule has 17 rings (SSSR count). The van der Waals surface area contributed by atoms with Crippen molar-refractivity contribution in [2.45, 2.75) is 42.9 Å². The van der Waals surface area contributed by atoms with Crippen LogP contribution in [0.4, 0.5) is 17.1 Å². The molecule has 0 radical (unpaired) electrons. The molecule has 2 spiro atoms. The van der Waals surface area contributed by atoms with Crippen molar-refractivity contribution in [3.63, 3.8) is 0 Å². The summed E-state index contributed by atoms with van der Waals surface area (Å²) >= 11 is 0. The fraction of sp³-hybridized carbons (Fsp3) is 0.159. The van der Waals surface area contributed by atoms with Crippen LogP contribution in [0.2, 0.25) is 0 Å². The summed E-state index contributed by atoms with van der Waals surface area (Å²) in [4.78, 5) is 2.75. The van der Waals surface area contributed by atoms with Gasteiger partial charge in [-0.15, -0.1) is 0 Å². The number of para-hydroxylation sites is 1. The first-order valence-electron chi connectivity index (χ1n) is 25.9. The van der Waals surface area contributed by atoms with Crippen LogP contribution in [0, 0.1) is 23.7 Å². The van der Waals surface area contributed by atoms with E-state index in [1.807, 2.05) is 0 Å². The van der Waals surface area contributed by atoms with E-state index in [1.54, 1.807) is 11.1 Å². The standard InChI is InChI=1S/C69H51N/c1-2-18-46(19-3-1)50-23-9-13-35-62(50)70(64-37-16-29-54-52-24-6-10-30-57(52)68(67(54)64)47-39-43-38-44(41-47)42-48(68)40-43)63-36-17-34-61-66(63)56-26-8-12-32-59(56)69(61)58-31-11-7-25-55(58)65-53(28-15-33-60(65)69)51-27-14-21-45-20-4-5-22-49(45)51/h1-37,43-44,47-48H,38-42H2. The normalized spacial score (nSPS) is 23.3. The van der Waals surface area contributed by atoms with E-state index < -0.39 is 5.41 Å². The second-order valence-electron chi connectivity index (χ2n) is 21.4. The summed E-state index contributed by atoms with van der Waals surface area (Å²) in [6, 6.07) is 86.2. The van der Waals surface area contributed by atoms with Crippen LogP contribution in [0.5, 0.6) is 0 Å². The average molecular weight is 894 g/mol. The van der Waals surface area contributed by atoms with Crippen molar-refractivity contribution < 1.29 is 0 Å². The molecule has 0 N–H and O–H groups in total. The fourth-order valence-corrected chi connectivity index (χ4v) is 16.4. The molecule has 0 saturated heterocycles. The van der Waals surface area contributed by atoms with Gasteiger partial charge >= 0.3 is 0 Å². The highest BCUT2D eigenvalue weighted by Gasteiger charge is 2.63. The molecule has 10 aromatic rings. The summed E-state index contributed by atoms with van der Waals surface area (Å²) in [5.74, 6) is 2.97. The van der Waals surface area contributed by atoms with E-state index in [2.05, 4.69) is 229 Å². The number of rotatable bonds is 5. The molecule has 1 atom stereocenters. The van der Waals surface area contributed by atoms with E-state index in [0.29, 0.717) is 11.8 Å². The minimum Gasteiger partial charge on any atom is -0.309 e. The van der Waals surface area contributed by atoms with Gasteiger partial charge in [-0.3, -0.25) is 0 Å². The van der Waals surface area contributed by atoms with Gasteiger partial charge in [0.25, 0.3) is 0 Å². The summed E-state index contributed by atoms with van der Waals surface area (Å²) in [5.41, 5.74) is 25.1. The first kappa shape index (κ1) is 39.1. The van der Waals surface area contributed by atoms with Crippen LogP contribution in [-0.4, -0.2) is 0 Å². The van der Waals surface area contributed by atoms with E-state index >= 15 is 0 Å². The highest BCUT2D eigenvalue weighted by atomic mass is 15.2. The van der Waals surface area contributed by atoms with Crippen molar-refractivity contribution >= 4 is 27.8 Å². The van der Waals surface area contributed by atoms with Crippen LogP contribution in [0.15, 0.2) is 224 Å². The zero-order valence-corrected chi connectivity index (χ0v) is 39.2. The SMILES string of the molecule is c1ccc(-c2ccccc2N(c2cccc3c2-c2ccccc2C32c3ccccc3-c3c(-c4cccc5ccccc45)cccc32)c2cccc3c2C2(c4ccccc4-3)C3CC4CC(C3)CC2C4)cc1. The predicted molar refractivity (Wildman–Crippen MR) is 289 cm³/mol. The topological polar surface area (TPSA) is 3.24 Å². The minimum absolute atomic E-state index is 0.0334. The summed E-state index contributed by atoms with van der Waals surface area (Å²) in [5, 5.41) is 2.55. The molecule has 10 aromatic carbocycles. The molecule has 4 bridgehead atoms. The number of anilines is 3. The number of benzene rings is 10. The molecule has 0 aliphatic heterocycles. The first-order valence-corrected chi connectivity index (χ1v) is 25.9. The maximum atomic E-state index is 2.75. The lowest BCUT2D eigenvalue weighted by atomic mass is 9.43. The Morgan fingerprint density at radius 3 is 1.57 bits per heavy atom. The van der Waals surface area contributed by atoms with Crippen LogP contribution in [-0.2, 0) is 10.8 Å². The van der Waals surface area contributed by atoms with Gasteiger partial charge in [-0.25, -0.2) is 0 Å². The smallest absolute Gasteiger partial charge is 0.0726 e. The molecule has 4 saturated carbocycles. The van der Waals surface area contributed by atoms with Crippen LogP contribution >= 0.6 is 0 Å². The Bertz CT molecular complexity index is 3790. The van der Waals surface area contributed by atoms with Gasteiger partial charge in [0.1, 0.15) is 0 Å². The van der Waals surface area contributed by atoms with Gasteiger partial charge in [-0.05, 0) is 163 Å². The Morgan fingerprint density at radius 1 is 0.314 bits per heavy atom. The molecule has 4 fully saturated rings. The van der Waals surface area contributed by atoms with Crippen LogP contribution < -0.4 is 4.90 Å². The monoisotopic (exact) mass is 893 g/mol. The van der Waals surface area contributed by atoms with E-state index in [0.717, 1.165) is 11.8 Å². The molecule has 332 valence electrons. The number of fused-ring (bicyclic) bond motifs is 14.